The Balaban J connectivity index is 2.44. The first-order chi connectivity index (χ1) is 5.91. The third kappa shape index (κ3) is 3.28. The molecule has 1 heterocycles. The van der Waals surface area contributed by atoms with Crippen LogP contribution in [0.2, 0.25) is 0 Å². The summed E-state index contributed by atoms with van der Waals surface area (Å²) >= 11 is 0. The SMILES string of the molecule is CC(C)CN1CCC(C)(C)CC1O. The number of likely N-dealkylation sites (tertiary alicyclic amines) is 1. The molecule has 78 valence electrons. The summed E-state index contributed by atoms with van der Waals surface area (Å²) in [6, 6.07) is 0. The molecule has 0 aromatic rings. The molecule has 2 nitrogen and oxygen atoms in total. The Morgan fingerprint density at radius 3 is 2.54 bits per heavy atom. The highest BCUT2D eigenvalue weighted by molar-refractivity contribution is 4.81. The Kier molecular flexibility index (Phi) is 3.36. The van der Waals surface area contributed by atoms with E-state index in [1.807, 2.05) is 0 Å². The Bertz CT molecular complexity index is 165. The normalized spacial score (nSPS) is 29.5. The molecule has 1 unspecified atom stereocenters. The summed E-state index contributed by atoms with van der Waals surface area (Å²) in [7, 11) is 0. The van der Waals surface area contributed by atoms with Gasteiger partial charge in [0.25, 0.3) is 0 Å². The Hall–Kier alpha value is -0.0800. The average molecular weight is 185 g/mol. The van der Waals surface area contributed by atoms with Crippen molar-refractivity contribution < 1.29 is 5.11 Å². The predicted octanol–water partition coefficient (Wildman–Crippen LogP) is 2.08. The molecule has 0 aromatic carbocycles. The van der Waals surface area contributed by atoms with Gasteiger partial charge in [0.2, 0.25) is 0 Å². The second kappa shape index (κ2) is 3.97. The number of piperidine rings is 1. The van der Waals surface area contributed by atoms with Crippen molar-refractivity contribution in [3.8, 4) is 0 Å². The third-order valence-electron chi connectivity index (χ3n) is 2.83. The number of aliphatic hydroxyl groups is 1. The van der Waals surface area contributed by atoms with Gasteiger partial charge >= 0.3 is 0 Å². The van der Waals surface area contributed by atoms with Gasteiger partial charge < -0.3 is 5.11 Å². The minimum atomic E-state index is -0.217. The zero-order valence-electron chi connectivity index (χ0n) is 9.38. The Labute approximate surface area is 81.9 Å². The maximum atomic E-state index is 9.88. The number of hydrogen-bond donors (Lipinski definition) is 1. The highest BCUT2D eigenvalue weighted by atomic mass is 16.3. The van der Waals surface area contributed by atoms with Crippen LogP contribution in [0.4, 0.5) is 0 Å². The molecule has 2 heteroatoms. The molecule has 0 radical (unpaired) electrons. The highest BCUT2D eigenvalue weighted by Gasteiger charge is 2.31. The Morgan fingerprint density at radius 1 is 1.46 bits per heavy atom. The van der Waals surface area contributed by atoms with E-state index < -0.39 is 0 Å². The van der Waals surface area contributed by atoms with E-state index in [0.29, 0.717) is 11.3 Å². The monoisotopic (exact) mass is 185 g/mol. The van der Waals surface area contributed by atoms with Gasteiger partial charge in [-0.15, -0.1) is 0 Å². The molecule has 0 aliphatic carbocycles. The maximum Gasteiger partial charge on any atom is 0.107 e. The molecule has 13 heavy (non-hydrogen) atoms. The van der Waals surface area contributed by atoms with Crippen molar-refractivity contribution in [3.05, 3.63) is 0 Å². The van der Waals surface area contributed by atoms with Gasteiger partial charge in [0.1, 0.15) is 6.23 Å². The number of aliphatic hydroxyl groups excluding tert-OH is 1. The van der Waals surface area contributed by atoms with Crippen LogP contribution in [-0.2, 0) is 0 Å². The molecule has 0 spiro atoms. The maximum absolute atomic E-state index is 9.88. The summed E-state index contributed by atoms with van der Waals surface area (Å²) in [6.45, 7) is 11.0. The number of hydrogen-bond acceptors (Lipinski definition) is 2. The van der Waals surface area contributed by atoms with Gasteiger partial charge in [-0.1, -0.05) is 27.7 Å². The molecule has 1 atom stereocenters. The molecule has 1 N–H and O–H groups in total. The topological polar surface area (TPSA) is 23.5 Å². The minimum Gasteiger partial charge on any atom is -0.378 e. The molecule has 0 saturated carbocycles. The van der Waals surface area contributed by atoms with E-state index in [0.717, 1.165) is 19.5 Å². The van der Waals surface area contributed by atoms with E-state index in [1.54, 1.807) is 0 Å². The van der Waals surface area contributed by atoms with Gasteiger partial charge in [-0.3, -0.25) is 4.90 Å². The fraction of sp³-hybridized carbons (Fsp3) is 1.00. The number of rotatable bonds is 2. The summed E-state index contributed by atoms with van der Waals surface area (Å²) in [5.41, 5.74) is 0.326. The Morgan fingerprint density at radius 2 is 2.08 bits per heavy atom. The van der Waals surface area contributed by atoms with E-state index in [4.69, 9.17) is 0 Å². The van der Waals surface area contributed by atoms with Crippen molar-refractivity contribution in [2.45, 2.75) is 46.8 Å². The lowest BCUT2D eigenvalue weighted by Gasteiger charge is -2.41. The quantitative estimate of drug-likeness (QED) is 0.712. The van der Waals surface area contributed by atoms with E-state index in [9.17, 15) is 5.11 Å². The highest BCUT2D eigenvalue weighted by Crippen LogP contribution is 2.32. The van der Waals surface area contributed by atoms with Crippen molar-refractivity contribution in [2.24, 2.45) is 11.3 Å². The molecule has 1 fully saturated rings. The lowest BCUT2D eigenvalue weighted by molar-refractivity contribution is -0.0677. The van der Waals surface area contributed by atoms with Crippen LogP contribution in [-0.4, -0.2) is 29.3 Å². The van der Waals surface area contributed by atoms with Crippen LogP contribution in [0.3, 0.4) is 0 Å². The first-order valence-electron chi connectivity index (χ1n) is 5.33. The number of nitrogens with zero attached hydrogens (tertiary/aromatic N) is 1. The second-order valence-electron chi connectivity index (χ2n) is 5.49. The summed E-state index contributed by atoms with van der Waals surface area (Å²) in [4.78, 5) is 2.20. The standard InChI is InChI=1S/C11H23NO/c1-9(2)8-12-6-5-11(3,4)7-10(12)13/h9-10,13H,5-8H2,1-4H3. The average Bonchev–Trinajstić information content (AvgIpc) is 1.93. The van der Waals surface area contributed by atoms with E-state index in [-0.39, 0.29) is 6.23 Å². The third-order valence-corrected chi connectivity index (χ3v) is 2.83. The molecule has 1 aliphatic rings. The zero-order valence-corrected chi connectivity index (χ0v) is 9.38. The molecule has 1 aliphatic heterocycles. The lowest BCUT2D eigenvalue weighted by atomic mass is 9.81. The van der Waals surface area contributed by atoms with Crippen molar-refractivity contribution in [3.63, 3.8) is 0 Å². The van der Waals surface area contributed by atoms with Crippen LogP contribution in [0.25, 0.3) is 0 Å². The van der Waals surface area contributed by atoms with Gasteiger partial charge in [-0.05, 0) is 24.2 Å². The predicted molar refractivity (Wildman–Crippen MR) is 55.4 cm³/mol. The fourth-order valence-electron chi connectivity index (χ4n) is 2.00. The van der Waals surface area contributed by atoms with Gasteiger partial charge in [-0.2, -0.15) is 0 Å². The van der Waals surface area contributed by atoms with Gasteiger partial charge in [0.15, 0.2) is 0 Å². The molecule has 0 amide bonds. The van der Waals surface area contributed by atoms with Crippen LogP contribution in [0.1, 0.15) is 40.5 Å². The first kappa shape index (κ1) is 11.0. The van der Waals surface area contributed by atoms with Crippen LogP contribution in [0.5, 0.6) is 0 Å². The van der Waals surface area contributed by atoms with Crippen LogP contribution < -0.4 is 0 Å². The van der Waals surface area contributed by atoms with Crippen molar-refractivity contribution in [1.82, 2.24) is 4.90 Å². The molecule has 0 aromatic heterocycles. The molecular weight excluding hydrogens is 162 g/mol. The largest absolute Gasteiger partial charge is 0.378 e. The second-order valence-corrected chi connectivity index (χ2v) is 5.49. The lowest BCUT2D eigenvalue weighted by Crippen LogP contribution is -2.46. The van der Waals surface area contributed by atoms with Crippen molar-refractivity contribution in [1.29, 1.82) is 0 Å². The fourth-order valence-corrected chi connectivity index (χ4v) is 2.00. The summed E-state index contributed by atoms with van der Waals surface area (Å²) in [5, 5.41) is 9.88. The van der Waals surface area contributed by atoms with Crippen molar-refractivity contribution in [2.75, 3.05) is 13.1 Å². The molecule has 1 rings (SSSR count). The molecular formula is C11H23NO. The zero-order chi connectivity index (χ0) is 10.1. The van der Waals surface area contributed by atoms with Crippen LogP contribution in [0.15, 0.2) is 0 Å². The van der Waals surface area contributed by atoms with Gasteiger partial charge in [0.05, 0.1) is 0 Å². The van der Waals surface area contributed by atoms with E-state index in [1.165, 1.54) is 6.42 Å². The smallest absolute Gasteiger partial charge is 0.107 e. The molecule has 1 saturated heterocycles. The molecule has 0 bridgehead atoms. The van der Waals surface area contributed by atoms with E-state index in [2.05, 4.69) is 32.6 Å². The first-order valence-corrected chi connectivity index (χ1v) is 5.33. The van der Waals surface area contributed by atoms with E-state index >= 15 is 0 Å². The summed E-state index contributed by atoms with van der Waals surface area (Å²) in [5.74, 6) is 0.649. The van der Waals surface area contributed by atoms with Gasteiger partial charge in [-0.25, -0.2) is 0 Å². The summed E-state index contributed by atoms with van der Waals surface area (Å²) < 4.78 is 0. The van der Waals surface area contributed by atoms with Crippen LogP contribution >= 0.6 is 0 Å². The van der Waals surface area contributed by atoms with Crippen LogP contribution in [0, 0.1) is 11.3 Å². The van der Waals surface area contributed by atoms with Gasteiger partial charge in [0, 0.05) is 13.1 Å². The minimum absolute atomic E-state index is 0.217. The van der Waals surface area contributed by atoms with Crippen molar-refractivity contribution >= 4 is 0 Å². The summed E-state index contributed by atoms with van der Waals surface area (Å²) in [6.07, 6.45) is 1.90.